The van der Waals surface area contributed by atoms with Crippen molar-refractivity contribution in [2.75, 3.05) is 6.61 Å². The molecule has 2 aliphatic rings. The molecule has 18 heavy (non-hydrogen) atoms. The maximum absolute atomic E-state index is 5.80. The van der Waals surface area contributed by atoms with Gasteiger partial charge in [0.15, 0.2) is 0 Å². The van der Waals surface area contributed by atoms with Crippen molar-refractivity contribution in [3.8, 4) is 5.75 Å². The van der Waals surface area contributed by atoms with Gasteiger partial charge in [0.25, 0.3) is 0 Å². The number of benzene rings is 1. The SMILES string of the molecule is NNC(CC1CCC1)C1CCOc2ccccc21. The lowest BCUT2D eigenvalue weighted by atomic mass is 9.76. The van der Waals surface area contributed by atoms with Gasteiger partial charge in [0, 0.05) is 12.0 Å². The molecule has 0 spiro atoms. The standard InChI is InChI=1S/C15H22N2O/c16-17-14(10-11-4-3-5-11)12-8-9-18-15-7-2-1-6-13(12)15/h1-2,6-7,11-12,14,17H,3-5,8-10,16H2. The highest BCUT2D eigenvalue weighted by atomic mass is 16.5. The minimum atomic E-state index is 0.389. The summed E-state index contributed by atoms with van der Waals surface area (Å²) >= 11 is 0. The largest absolute Gasteiger partial charge is 0.493 e. The average Bonchev–Trinajstić information content (AvgIpc) is 2.38. The van der Waals surface area contributed by atoms with Crippen LogP contribution in [0, 0.1) is 5.92 Å². The van der Waals surface area contributed by atoms with E-state index in [9.17, 15) is 0 Å². The summed E-state index contributed by atoms with van der Waals surface area (Å²) in [5.74, 6) is 8.22. The van der Waals surface area contributed by atoms with Crippen LogP contribution in [0.15, 0.2) is 24.3 Å². The minimum Gasteiger partial charge on any atom is -0.493 e. The highest BCUT2D eigenvalue weighted by molar-refractivity contribution is 5.38. The third-order valence-electron chi connectivity index (χ3n) is 4.52. The molecule has 1 aromatic rings. The fourth-order valence-corrected chi connectivity index (χ4v) is 3.22. The molecule has 0 radical (unpaired) electrons. The van der Waals surface area contributed by atoms with E-state index in [1.807, 2.05) is 6.07 Å². The number of hydrogen-bond acceptors (Lipinski definition) is 3. The summed E-state index contributed by atoms with van der Waals surface area (Å²) in [7, 11) is 0. The van der Waals surface area contributed by atoms with Gasteiger partial charge in [-0.2, -0.15) is 0 Å². The first-order valence-electron chi connectivity index (χ1n) is 7.06. The second kappa shape index (κ2) is 5.29. The highest BCUT2D eigenvalue weighted by Crippen LogP contribution is 2.39. The zero-order valence-electron chi connectivity index (χ0n) is 10.8. The molecule has 98 valence electrons. The lowest BCUT2D eigenvalue weighted by Gasteiger charge is -2.36. The van der Waals surface area contributed by atoms with E-state index in [0.29, 0.717) is 12.0 Å². The second-order valence-corrected chi connectivity index (χ2v) is 5.59. The number of hydrogen-bond donors (Lipinski definition) is 2. The topological polar surface area (TPSA) is 47.3 Å². The van der Waals surface area contributed by atoms with Gasteiger partial charge in [-0.3, -0.25) is 11.3 Å². The Bertz CT molecular complexity index is 403. The van der Waals surface area contributed by atoms with Crippen molar-refractivity contribution in [1.29, 1.82) is 0 Å². The molecule has 1 aromatic carbocycles. The molecule has 2 atom stereocenters. The van der Waals surface area contributed by atoms with Crippen LogP contribution in [0.3, 0.4) is 0 Å². The molecule has 3 rings (SSSR count). The molecular weight excluding hydrogens is 224 g/mol. The molecule has 0 saturated heterocycles. The number of nitrogens with one attached hydrogen (secondary N) is 1. The van der Waals surface area contributed by atoms with Gasteiger partial charge in [-0.05, 0) is 30.4 Å². The summed E-state index contributed by atoms with van der Waals surface area (Å²) in [6, 6.07) is 8.78. The van der Waals surface area contributed by atoms with Crippen LogP contribution in [0.5, 0.6) is 5.75 Å². The van der Waals surface area contributed by atoms with Crippen LogP contribution in [0.4, 0.5) is 0 Å². The molecule has 1 heterocycles. The first-order valence-corrected chi connectivity index (χ1v) is 7.06. The average molecular weight is 246 g/mol. The smallest absolute Gasteiger partial charge is 0.122 e. The zero-order chi connectivity index (χ0) is 12.4. The number of ether oxygens (including phenoxy) is 1. The molecule has 1 fully saturated rings. The summed E-state index contributed by atoms with van der Waals surface area (Å²) in [5.41, 5.74) is 4.38. The van der Waals surface area contributed by atoms with Gasteiger partial charge in [-0.25, -0.2) is 0 Å². The Balaban J connectivity index is 1.77. The van der Waals surface area contributed by atoms with Gasteiger partial charge in [-0.15, -0.1) is 0 Å². The zero-order valence-corrected chi connectivity index (χ0v) is 10.8. The summed E-state index contributed by atoms with van der Waals surface area (Å²) in [6.07, 6.45) is 6.42. The minimum absolute atomic E-state index is 0.389. The van der Waals surface area contributed by atoms with Gasteiger partial charge in [-0.1, -0.05) is 37.5 Å². The predicted octanol–water partition coefficient (Wildman–Crippen LogP) is 2.57. The molecule has 3 N–H and O–H groups in total. The van der Waals surface area contributed by atoms with Crippen molar-refractivity contribution < 1.29 is 4.74 Å². The fourth-order valence-electron chi connectivity index (χ4n) is 3.22. The highest BCUT2D eigenvalue weighted by Gasteiger charge is 2.31. The molecule has 3 heteroatoms. The van der Waals surface area contributed by atoms with Gasteiger partial charge in [0.05, 0.1) is 6.61 Å². The van der Waals surface area contributed by atoms with E-state index in [2.05, 4.69) is 23.6 Å². The van der Waals surface area contributed by atoms with E-state index < -0.39 is 0 Å². The Morgan fingerprint density at radius 1 is 1.28 bits per heavy atom. The number of rotatable bonds is 4. The van der Waals surface area contributed by atoms with Crippen molar-refractivity contribution in [2.24, 2.45) is 11.8 Å². The van der Waals surface area contributed by atoms with Gasteiger partial charge >= 0.3 is 0 Å². The molecule has 3 nitrogen and oxygen atoms in total. The first kappa shape index (κ1) is 12.0. The van der Waals surface area contributed by atoms with Crippen LogP contribution < -0.4 is 16.0 Å². The van der Waals surface area contributed by atoms with Crippen molar-refractivity contribution in [3.05, 3.63) is 29.8 Å². The Hall–Kier alpha value is -1.06. The molecule has 1 aliphatic heterocycles. The number of hydrazine groups is 1. The quantitative estimate of drug-likeness (QED) is 0.634. The summed E-state index contributed by atoms with van der Waals surface area (Å²) < 4.78 is 5.73. The Morgan fingerprint density at radius 2 is 2.11 bits per heavy atom. The molecular formula is C15H22N2O. The molecule has 1 saturated carbocycles. The molecule has 2 unspecified atom stereocenters. The lowest BCUT2D eigenvalue weighted by molar-refractivity contribution is 0.206. The van der Waals surface area contributed by atoms with Crippen LogP contribution in [-0.4, -0.2) is 12.6 Å². The predicted molar refractivity (Wildman–Crippen MR) is 72.4 cm³/mol. The molecule has 0 bridgehead atoms. The second-order valence-electron chi connectivity index (χ2n) is 5.59. The van der Waals surface area contributed by atoms with Crippen molar-refractivity contribution in [3.63, 3.8) is 0 Å². The maximum Gasteiger partial charge on any atom is 0.122 e. The first-order chi connectivity index (χ1) is 8.88. The number of nitrogens with two attached hydrogens (primary N) is 1. The van der Waals surface area contributed by atoms with E-state index >= 15 is 0 Å². The summed E-state index contributed by atoms with van der Waals surface area (Å²) in [6.45, 7) is 0.810. The van der Waals surface area contributed by atoms with E-state index in [4.69, 9.17) is 10.6 Å². The van der Waals surface area contributed by atoms with Crippen LogP contribution >= 0.6 is 0 Å². The van der Waals surface area contributed by atoms with Crippen molar-refractivity contribution in [1.82, 2.24) is 5.43 Å². The van der Waals surface area contributed by atoms with E-state index in [1.165, 1.54) is 31.2 Å². The fraction of sp³-hybridized carbons (Fsp3) is 0.600. The Morgan fingerprint density at radius 3 is 2.83 bits per heavy atom. The van der Waals surface area contributed by atoms with Crippen molar-refractivity contribution >= 4 is 0 Å². The van der Waals surface area contributed by atoms with Crippen LogP contribution in [0.2, 0.25) is 0 Å². The molecule has 1 aliphatic carbocycles. The maximum atomic E-state index is 5.80. The normalized spacial score (nSPS) is 24.8. The van der Waals surface area contributed by atoms with E-state index in [-0.39, 0.29) is 0 Å². The van der Waals surface area contributed by atoms with Crippen LogP contribution in [0.25, 0.3) is 0 Å². The Labute approximate surface area is 109 Å². The summed E-state index contributed by atoms with van der Waals surface area (Å²) in [4.78, 5) is 0. The third kappa shape index (κ3) is 2.25. The molecule has 0 aromatic heterocycles. The van der Waals surface area contributed by atoms with Crippen molar-refractivity contribution in [2.45, 2.75) is 44.1 Å². The number of para-hydroxylation sites is 1. The van der Waals surface area contributed by atoms with E-state index in [1.54, 1.807) is 0 Å². The lowest BCUT2D eigenvalue weighted by Crippen LogP contribution is -2.43. The van der Waals surface area contributed by atoms with Crippen LogP contribution in [-0.2, 0) is 0 Å². The summed E-state index contributed by atoms with van der Waals surface area (Å²) in [5, 5.41) is 0. The van der Waals surface area contributed by atoms with E-state index in [0.717, 1.165) is 24.7 Å². The monoisotopic (exact) mass is 246 g/mol. The molecule has 0 amide bonds. The van der Waals surface area contributed by atoms with Gasteiger partial charge in [0.2, 0.25) is 0 Å². The third-order valence-corrected chi connectivity index (χ3v) is 4.52. The van der Waals surface area contributed by atoms with Gasteiger partial charge in [0.1, 0.15) is 5.75 Å². The van der Waals surface area contributed by atoms with Gasteiger partial charge < -0.3 is 4.74 Å². The number of fused-ring (bicyclic) bond motifs is 1. The Kier molecular flexibility index (Phi) is 3.52. The van der Waals surface area contributed by atoms with Crippen LogP contribution in [0.1, 0.15) is 43.6 Å².